The number of alkyl halides is 3. The summed E-state index contributed by atoms with van der Waals surface area (Å²) in [4.78, 5) is 23.1. The standard InChI is InChI=1S/C19H38N2O2Si.C2HF3O2/c1-14(2)24(15(3)4,16(5)6)23-18-9-7-17(8-10-18)21-12-11-20-13-19(21)22;3-2(4,5)1(6)7/h14-18,20H,7-13H2,1-6H3;(H,6,7). The summed E-state index contributed by atoms with van der Waals surface area (Å²) in [6.07, 6.45) is -0.242. The molecular weight excluding hydrogens is 429 g/mol. The smallest absolute Gasteiger partial charge is 0.475 e. The summed E-state index contributed by atoms with van der Waals surface area (Å²) in [6, 6.07) is 0.438. The lowest BCUT2D eigenvalue weighted by atomic mass is 9.91. The maximum absolute atomic E-state index is 12.1. The van der Waals surface area contributed by atoms with Crippen LogP contribution in [0, 0.1) is 0 Å². The minimum atomic E-state index is -5.08. The number of amides is 1. The van der Waals surface area contributed by atoms with Crippen molar-refractivity contribution < 1.29 is 32.3 Å². The van der Waals surface area contributed by atoms with Gasteiger partial charge in [0.05, 0.1) is 6.54 Å². The molecule has 0 aromatic heterocycles. The molecule has 0 aromatic rings. The van der Waals surface area contributed by atoms with Crippen molar-refractivity contribution in [2.45, 2.75) is 102 Å². The van der Waals surface area contributed by atoms with E-state index in [1.165, 1.54) is 0 Å². The van der Waals surface area contributed by atoms with E-state index in [1.807, 2.05) is 0 Å². The Morgan fingerprint density at radius 1 is 1.06 bits per heavy atom. The number of carbonyl (C=O) groups excluding carboxylic acids is 1. The summed E-state index contributed by atoms with van der Waals surface area (Å²) in [5.41, 5.74) is 1.93. The maximum Gasteiger partial charge on any atom is 0.490 e. The van der Waals surface area contributed by atoms with Crippen molar-refractivity contribution in [2.75, 3.05) is 19.6 Å². The summed E-state index contributed by atoms with van der Waals surface area (Å²) in [5.74, 6) is -2.48. The molecule has 0 aromatic carbocycles. The lowest BCUT2D eigenvalue weighted by molar-refractivity contribution is -0.192. The third-order valence-electron chi connectivity index (χ3n) is 6.53. The van der Waals surface area contributed by atoms with Gasteiger partial charge in [-0.2, -0.15) is 13.2 Å². The molecule has 1 saturated heterocycles. The van der Waals surface area contributed by atoms with Gasteiger partial charge in [0.1, 0.15) is 0 Å². The van der Waals surface area contributed by atoms with Crippen molar-refractivity contribution in [3.63, 3.8) is 0 Å². The quantitative estimate of drug-likeness (QED) is 0.559. The Morgan fingerprint density at radius 2 is 1.52 bits per heavy atom. The molecule has 10 heteroatoms. The van der Waals surface area contributed by atoms with Crippen molar-refractivity contribution in [3.8, 4) is 0 Å². The van der Waals surface area contributed by atoms with Crippen LogP contribution in [-0.4, -0.2) is 68.2 Å². The number of carboxylic acids is 1. The van der Waals surface area contributed by atoms with E-state index in [1.54, 1.807) is 0 Å². The minimum Gasteiger partial charge on any atom is -0.475 e. The number of carbonyl (C=O) groups is 2. The predicted octanol–water partition coefficient (Wildman–Crippen LogP) is 4.55. The van der Waals surface area contributed by atoms with Gasteiger partial charge in [0.15, 0.2) is 0 Å². The van der Waals surface area contributed by atoms with E-state index in [2.05, 4.69) is 51.8 Å². The molecule has 1 amide bonds. The molecule has 2 fully saturated rings. The second-order valence-electron chi connectivity index (χ2n) is 9.43. The van der Waals surface area contributed by atoms with Crippen LogP contribution in [0.15, 0.2) is 0 Å². The van der Waals surface area contributed by atoms with Crippen LogP contribution in [0.4, 0.5) is 13.2 Å². The number of rotatable bonds is 6. The van der Waals surface area contributed by atoms with Crippen LogP contribution in [0.3, 0.4) is 0 Å². The normalized spacial score (nSPS) is 23.2. The van der Waals surface area contributed by atoms with E-state index >= 15 is 0 Å². The third kappa shape index (κ3) is 7.46. The molecule has 2 rings (SSSR count). The molecule has 31 heavy (non-hydrogen) atoms. The topological polar surface area (TPSA) is 78.9 Å². The first-order valence-corrected chi connectivity index (χ1v) is 13.4. The van der Waals surface area contributed by atoms with Crippen molar-refractivity contribution in [3.05, 3.63) is 0 Å². The molecule has 1 heterocycles. The SMILES string of the molecule is CC(C)[Si](OC1CCC(N2CCNCC2=O)CC1)(C(C)C)C(C)C.O=C(O)C(F)(F)F. The van der Waals surface area contributed by atoms with Gasteiger partial charge in [-0.15, -0.1) is 0 Å². The summed E-state index contributed by atoms with van der Waals surface area (Å²) in [7, 11) is -1.78. The number of piperazine rings is 1. The van der Waals surface area contributed by atoms with Gasteiger partial charge in [0, 0.05) is 25.2 Å². The number of carboxylic acid groups (broad SMARTS) is 1. The molecule has 1 aliphatic carbocycles. The lowest BCUT2D eigenvalue weighted by Gasteiger charge is -2.47. The van der Waals surface area contributed by atoms with E-state index in [4.69, 9.17) is 14.3 Å². The van der Waals surface area contributed by atoms with Crippen LogP contribution in [0.5, 0.6) is 0 Å². The van der Waals surface area contributed by atoms with Gasteiger partial charge in [-0.05, 0) is 42.3 Å². The van der Waals surface area contributed by atoms with Crippen LogP contribution in [0.2, 0.25) is 16.6 Å². The Kier molecular flexibility index (Phi) is 10.5. The van der Waals surface area contributed by atoms with Crippen LogP contribution in [-0.2, 0) is 14.0 Å². The summed E-state index contributed by atoms with van der Waals surface area (Å²) < 4.78 is 38.7. The highest BCUT2D eigenvalue weighted by atomic mass is 28.4. The molecule has 2 aliphatic rings. The largest absolute Gasteiger partial charge is 0.490 e. The third-order valence-corrected chi connectivity index (χ3v) is 12.7. The highest BCUT2D eigenvalue weighted by Crippen LogP contribution is 2.44. The maximum atomic E-state index is 12.1. The highest BCUT2D eigenvalue weighted by Gasteiger charge is 2.47. The Morgan fingerprint density at radius 3 is 1.87 bits per heavy atom. The Hall–Kier alpha value is -1.13. The first-order valence-electron chi connectivity index (χ1n) is 11.2. The van der Waals surface area contributed by atoms with Gasteiger partial charge in [0.25, 0.3) is 0 Å². The van der Waals surface area contributed by atoms with E-state index in [0.29, 0.717) is 35.3 Å². The monoisotopic (exact) mass is 468 g/mol. The van der Waals surface area contributed by atoms with Crippen molar-refractivity contribution >= 4 is 20.2 Å². The Labute approximate surface area is 185 Å². The van der Waals surface area contributed by atoms with Gasteiger partial charge in [-0.1, -0.05) is 41.5 Å². The zero-order chi connectivity index (χ0) is 24.0. The zero-order valence-corrected chi connectivity index (χ0v) is 20.6. The van der Waals surface area contributed by atoms with Crippen molar-refractivity contribution in [1.29, 1.82) is 0 Å². The molecule has 0 unspecified atom stereocenters. The second-order valence-corrected chi connectivity index (χ2v) is 14.8. The second kappa shape index (κ2) is 11.6. The number of hydrogen-bond donors (Lipinski definition) is 2. The summed E-state index contributed by atoms with van der Waals surface area (Å²) in [6.45, 7) is 16.5. The predicted molar refractivity (Wildman–Crippen MR) is 116 cm³/mol. The first-order chi connectivity index (χ1) is 14.2. The summed E-state index contributed by atoms with van der Waals surface area (Å²) in [5, 5.41) is 10.3. The number of aliphatic carboxylic acids is 1. The molecule has 1 aliphatic heterocycles. The van der Waals surface area contributed by atoms with E-state index in [-0.39, 0.29) is 5.91 Å². The van der Waals surface area contributed by atoms with E-state index in [9.17, 15) is 18.0 Å². The van der Waals surface area contributed by atoms with Crippen LogP contribution in [0.25, 0.3) is 0 Å². The van der Waals surface area contributed by atoms with Gasteiger partial charge in [0.2, 0.25) is 14.2 Å². The van der Waals surface area contributed by atoms with Crippen LogP contribution in [0.1, 0.15) is 67.2 Å². The fraction of sp³-hybridized carbons (Fsp3) is 0.905. The van der Waals surface area contributed by atoms with Gasteiger partial charge in [-0.3, -0.25) is 4.79 Å². The Balaban J connectivity index is 0.000000592. The molecule has 1 saturated carbocycles. The fourth-order valence-electron chi connectivity index (χ4n) is 5.18. The summed E-state index contributed by atoms with van der Waals surface area (Å²) >= 11 is 0. The van der Waals surface area contributed by atoms with Gasteiger partial charge in [-0.25, -0.2) is 4.79 Å². The van der Waals surface area contributed by atoms with E-state index in [0.717, 1.165) is 38.8 Å². The van der Waals surface area contributed by atoms with Gasteiger partial charge >= 0.3 is 12.1 Å². The molecule has 0 atom stereocenters. The van der Waals surface area contributed by atoms with Crippen LogP contribution < -0.4 is 5.32 Å². The molecular formula is C21H39F3N2O4Si. The first kappa shape index (κ1) is 27.9. The molecule has 6 nitrogen and oxygen atoms in total. The highest BCUT2D eigenvalue weighted by molar-refractivity contribution is 6.77. The van der Waals surface area contributed by atoms with Gasteiger partial charge < -0.3 is 19.7 Å². The number of nitrogens with zero attached hydrogens (tertiary/aromatic N) is 1. The number of nitrogens with one attached hydrogen (secondary N) is 1. The average molecular weight is 469 g/mol. The van der Waals surface area contributed by atoms with Crippen molar-refractivity contribution in [2.24, 2.45) is 0 Å². The molecule has 182 valence electrons. The Bertz CT molecular complexity index is 570. The molecule has 2 N–H and O–H groups in total. The van der Waals surface area contributed by atoms with Crippen molar-refractivity contribution in [1.82, 2.24) is 10.2 Å². The molecule has 0 bridgehead atoms. The zero-order valence-electron chi connectivity index (χ0n) is 19.6. The van der Waals surface area contributed by atoms with E-state index < -0.39 is 20.5 Å². The lowest BCUT2D eigenvalue weighted by Crippen LogP contribution is -2.54. The average Bonchev–Trinajstić information content (AvgIpc) is 2.66. The minimum absolute atomic E-state index is 0.279. The fourth-order valence-corrected chi connectivity index (χ4v) is 10.8. The van der Waals surface area contributed by atoms with Crippen LogP contribution >= 0.6 is 0 Å². The number of halogens is 3. The molecule has 0 radical (unpaired) electrons. The molecule has 0 spiro atoms. The number of hydrogen-bond acceptors (Lipinski definition) is 4.